The third-order valence-electron chi connectivity index (χ3n) is 14.8. The van der Waals surface area contributed by atoms with Crippen LogP contribution < -0.4 is 44.3 Å². The molecule has 18 heteroatoms. The maximum absolute atomic E-state index is 14.3. The Balaban J connectivity index is 0.986. The van der Waals surface area contributed by atoms with Crippen LogP contribution in [0, 0.1) is 0 Å². The van der Waals surface area contributed by atoms with Gasteiger partial charge in [0.05, 0.1) is 75.8 Å². The monoisotopic (exact) mass is 1140 g/mol. The summed E-state index contributed by atoms with van der Waals surface area (Å²) in [6.07, 6.45) is 10.7. The van der Waals surface area contributed by atoms with E-state index in [1.807, 2.05) is 58.3 Å². The van der Waals surface area contributed by atoms with Crippen LogP contribution in [0.15, 0.2) is 109 Å². The molecule has 0 spiro atoms. The quantitative estimate of drug-likeness (QED) is 0.0330. The molecular weight excluding hydrogens is 1060 g/mol. The summed E-state index contributed by atoms with van der Waals surface area (Å²) in [5.41, 5.74) is 8.52. The number of nitrogens with one attached hydrogen (secondary N) is 2. The van der Waals surface area contributed by atoms with Crippen LogP contribution in [-0.4, -0.2) is 121 Å². The molecule has 0 radical (unpaired) electrons. The molecule has 3 aliphatic heterocycles. The Hall–Kier alpha value is -6.70. The lowest BCUT2D eigenvalue weighted by molar-refractivity contribution is -0.121. The number of fused-ring (bicyclic) bond motifs is 5. The molecule has 5 aromatic carbocycles. The molecular formula is C63H76N6O10S2. The number of carbonyl (C=O) groups is 3. The fourth-order valence-corrected chi connectivity index (χ4v) is 13.4. The van der Waals surface area contributed by atoms with Crippen LogP contribution >= 0.6 is 21.6 Å². The van der Waals surface area contributed by atoms with Crippen molar-refractivity contribution in [2.75, 3.05) is 99.8 Å². The molecule has 0 saturated heterocycles. The summed E-state index contributed by atoms with van der Waals surface area (Å²) >= 11 is 0. The molecule has 0 bridgehead atoms. The van der Waals surface area contributed by atoms with Crippen molar-refractivity contribution < 1.29 is 47.5 Å². The largest absolute Gasteiger partial charge is 0.493 e. The minimum absolute atomic E-state index is 0.128. The summed E-state index contributed by atoms with van der Waals surface area (Å²) in [5, 5.41) is 6.40. The molecule has 1 saturated carbocycles. The number of nitrogens with zero attached hydrogens (tertiary/aromatic N) is 4. The van der Waals surface area contributed by atoms with Crippen LogP contribution in [0.1, 0.15) is 95.3 Å². The molecule has 4 aliphatic rings. The lowest BCUT2D eigenvalue weighted by Crippen LogP contribution is -2.38. The zero-order chi connectivity index (χ0) is 56.7. The van der Waals surface area contributed by atoms with Gasteiger partial charge in [0.25, 0.3) is 11.8 Å². The Labute approximate surface area is 484 Å². The highest BCUT2D eigenvalue weighted by Gasteiger charge is 2.37. The van der Waals surface area contributed by atoms with Crippen molar-refractivity contribution in [2.24, 2.45) is 4.99 Å². The summed E-state index contributed by atoms with van der Waals surface area (Å²) < 4.78 is 42.0. The fourth-order valence-electron chi connectivity index (χ4n) is 10.8. The van der Waals surface area contributed by atoms with Crippen molar-refractivity contribution in [3.8, 4) is 23.0 Å². The van der Waals surface area contributed by atoms with Gasteiger partial charge in [-0.05, 0) is 110 Å². The first-order valence-corrected chi connectivity index (χ1v) is 30.3. The number of carbonyl (C=O) groups excluding carboxylic acids is 3. The van der Waals surface area contributed by atoms with Crippen molar-refractivity contribution >= 4 is 74.0 Å². The van der Waals surface area contributed by atoms with E-state index in [4.69, 9.17) is 38.2 Å². The number of rotatable bonds is 30. The van der Waals surface area contributed by atoms with Crippen LogP contribution in [0.5, 0.6) is 23.0 Å². The second-order valence-corrected chi connectivity index (χ2v) is 24.3. The van der Waals surface area contributed by atoms with E-state index in [9.17, 15) is 14.4 Å². The first-order valence-electron chi connectivity index (χ1n) is 28.0. The maximum Gasteiger partial charge on any atom is 0.261 e. The van der Waals surface area contributed by atoms with Gasteiger partial charge in [-0.3, -0.25) is 24.3 Å². The fraction of sp³-hybridized carbons (Fsp3) is 0.429. The summed E-state index contributed by atoms with van der Waals surface area (Å²) in [4.78, 5) is 52.1. The number of hydrogen-bond donors (Lipinski definition) is 2. The summed E-state index contributed by atoms with van der Waals surface area (Å²) in [6.45, 7) is 12.8. The van der Waals surface area contributed by atoms with Crippen molar-refractivity contribution in [3.05, 3.63) is 137 Å². The topological polar surface area (TPSA) is 162 Å². The minimum atomic E-state index is -0.244. The van der Waals surface area contributed by atoms with Gasteiger partial charge in [0, 0.05) is 91.5 Å². The summed E-state index contributed by atoms with van der Waals surface area (Å²) in [5.74, 6) is 2.36. The summed E-state index contributed by atoms with van der Waals surface area (Å²) in [6, 6.07) is 29.4. The van der Waals surface area contributed by atoms with E-state index < -0.39 is 0 Å². The van der Waals surface area contributed by atoms with Crippen molar-refractivity contribution in [3.63, 3.8) is 0 Å². The van der Waals surface area contributed by atoms with E-state index >= 15 is 0 Å². The van der Waals surface area contributed by atoms with E-state index in [2.05, 4.69) is 66.3 Å². The van der Waals surface area contributed by atoms with E-state index in [0.29, 0.717) is 117 Å². The van der Waals surface area contributed by atoms with Crippen LogP contribution in [0.25, 0.3) is 0 Å². The normalized spacial score (nSPS) is 15.4. The van der Waals surface area contributed by atoms with E-state index in [1.54, 1.807) is 67.5 Å². The molecule has 0 unspecified atom stereocenters. The smallest absolute Gasteiger partial charge is 0.261 e. The van der Waals surface area contributed by atoms with Gasteiger partial charge in [0.2, 0.25) is 5.91 Å². The van der Waals surface area contributed by atoms with Crippen LogP contribution in [0.4, 0.5) is 28.4 Å². The lowest BCUT2D eigenvalue weighted by atomic mass is 10.1. The number of benzene rings is 5. The first-order chi connectivity index (χ1) is 39.4. The molecule has 1 fully saturated rings. The molecule has 9 rings (SSSR count). The SMILES string of the molecule is C=CNc1cc(OCc2cc(COc3cc4c(cc3OC)C(=O)N3c5ccccc5C[C@H]3C=N4)cc(N(CCOCCOCCOC)CC(C)(C)SSCCCC(=O)NC3CCCC3)c2)c(OC)cc1C(=O)N1CCc2ccccc21. The lowest BCUT2D eigenvalue weighted by Gasteiger charge is -2.34. The minimum Gasteiger partial charge on any atom is -0.493 e. The zero-order valence-corrected chi connectivity index (χ0v) is 48.9. The Bertz CT molecular complexity index is 3040. The van der Waals surface area contributed by atoms with E-state index in [-0.39, 0.29) is 41.7 Å². The summed E-state index contributed by atoms with van der Waals surface area (Å²) in [7, 11) is 8.39. The van der Waals surface area contributed by atoms with Gasteiger partial charge in [0.1, 0.15) is 13.2 Å². The predicted octanol–water partition coefficient (Wildman–Crippen LogP) is 11.4. The van der Waals surface area contributed by atoms with Gasteiger partial charge in [-0.2, -0.15) is 0 Å². The van der Waals surface area contributed by atoms with Crippen LogP contribution in [0.2, 0.25) is 0 Å². The van der Waals surface area contributed by atoms with Gasteiger partial charge in [-0.25, -0.2) is 0 Å². The number of aliphatic imine (C=N–C) groups is 1. The van der Waals surface area contributed by atoms with Crippen LogP contribution in [0.3, 0.4) is 0 Å². The van der Waals surface area contributed by atoms with Crippen molar-refractivity contribution in [1.82, 2.24) is 5.32 Å². The molecule has 2 N–H and O–H groups in total. The molecule has 1 aliphatic carbocycles. The predicted molar refractivity (Wildman–Crippen MR) is 325 cm³/mol. The Morgan fingerprint density at radius 3 is 2.22 bits per heavy atom. The highest BCUT2D eigenvalue weighted by molar-refractivity contribution is 8.77. The zero-order valence-electron chi connectivity index (χ0n) is 47.3. The van der Waals surface area contributed by atoms with Gasteiger partial charge in [0.15, 0.2) is 23.0 Å². The number of anilines is 4. The standard InChI is InChI=1S/C63H76N6O10S2/c1-7-64-52-37-58(56(74-5)35-50(52)61(71)68-23-22-45-15-8-12-19-54(45)68)78-40-43-31-44(41-79-59-38-53-51(36-57(59)75-6)62(72)69-49(39-65-53)34-46-16-9-13-20-55(46)69)33-48(32-43)67(24-25-76-28-29-77-27-26-73-4)42-63(2,3)81-80-30-14-21-60(70)66-47-17-10-11-18-47/h7-9,12-13,15-16,19-20,31-33,35-39,47,49,64H,1,10-11,14,17-18,21-30,34,40-42H2,2-6H3,(H,66,70)/t49-/m0/s1. The highest BCUT2D eigenvalue weighted by Crippen LogP contribution is 2.43. The second kappa shape index (κ2) is 28.3. The Morgan fingerprint density at radius 1 is 0.815 bits per heavy atom. The Morgan fingerprint density at radius 2 is 1.49 bits per heavy atom. The van der Waals surface area contributed by atoms with Gasteiger partial charge < -0.3 is 53.6 Å². The number of hydrogen-bond acceptors (Lipinski definition) is 15. The van der Waals surface area contributed by atoms with Gasteiger partial charge in [-0.15, -0.1) is 0 Å². The molecule has 3 heterocycles. The maximum atomic E-state index is 14.3. The van der Waals surface area contributed by atoms with Crippen molar-refractivity contribution in [1.29, 1.82) is 0 Å². The second-order valence-electron chi connectivity index (χ2n) is 21.1. The average molecular weight is 1140 g/mol. The highest BCUT2D eigenvalue weighted by atomic mass is 33.1. The molecule has 3 amide bonds. The Kier molecular flexibility index (Phi) is 20.6. The third kappa shape index (κ3) is 15.1. The number of ether oxygens (including phenoxy) is 7. The molecule has 16 nitrogen and oxygen atoms in total. The number of amides is 3. The molecule has 81 heavy (non-hydrogen) atoms. The van der Waals surface area contributed by atoms with Gasteiger partial charge >= 0.3 is 0 Å². The first kappa shape index (κ1) is 58.9. The van der Waals surface area contributed by atoms with E-state index in [1.165, 1.54) is 12.8 Å². The van der Waals surface area contributed by atoms with Crippen LogP contribution in [-0.2, 0) is 45.1 Å². The number of para-hydroxylation sites is 2. The third-order valence-corrected chi connectivity index (χ3v) is 18.1. The molecule has 430 valence electrons. The molecule has 5 aromatic rings. The number of methoxy groups -OCH3 is 3. The average Bonchev–Trinajstić information content (AvgIpc) is 4.28. The van der Waals surface area contributed by atoms with Crippen molar-refractivity contribution in [2.45, 2.75) is 95.3 Å². The molecule has 1 atom stereocenters. The van der Waals surface area contributed by atoms with Gasteiger partial charge in [-0.1, -0.05) is 77.4 Å². The van der Waals surface area contributed by atoms with E-state index in [0.717, 1.165) is 70.8 Å². The molecule has 0 aromatic heterocycles.